The summed E-state index contributed by atoms with van der Waals surface area (Å²) < 4.78 is 10.4. The average Bonchev–Trinajstić information content (AvgIpc) is 2.83. The minimum Gasteiger partial charge on any atom is -0.497 e. The number of hydrogen-bond acceptors (Lipinski definition) is 4. The lowest BCUT2D eigenvalue weighted by Gasteiger charge is -2.48. The number of hydrogen-bond donors (Lipinski definition) is 1. The van der Waals surface area contributed by atoms with Gasteiger partial charge in [-0.3, -0.25) is 14.5 Å². The predicted molar refractivity (Wildman–Crippen MR) is 125 cm³/mol. The lowest BCUT2D eigenvalue weighted by molar-refractivity contribution is -0.134. The third kappa shape index (κ3) is 4.07. The Morgan fingerprint density at radius 3 is 2.06 bits per heavy atom. The van der Waals surface area contributed by atoms with Crippen LogP contribution in [0.1, 0.15) is 12.0 Å². The van der Waals surface area contributed by atoms with Gasteiger partial charge >= 0.3 is 0 Å². The number of benzene rings is 3. The third-order valence-electron chi connectivity index (χ3n) is 5.49. The summed E-state index contributed by atoms with van der Waals surface area (Å²) in [7, 11) is 3.17. The molecule has 0 radical (unpaired) electrons. The van der Waals surface area contributed by atoms with Crippen LogP contribution in [0.2, 0.25) is 0 Å². The van der Waals surface area contributed by atoms with E-state index in [1.54, 1.807) is 68.8 Å². The second-order valence-corrected chi connectivity index (χ2v) is 7.45. The number of carbonyl (C=O) groups is 2. The Hall–Kier alpha value is -4.06. The highest BCUT2D eigenvalue weighted by Gasteiger charge is 2.55. The molecule has 1 unspecified atom stereocenters. The molecule has 0 saturated carbocycles. The summed E-state index contributed by atoms with van der Waals surface area (Å²) in [6, 6.07) is 23.9. The number of anilines is 2. The highest BCUT2D eigenvalue weighted by atomic mass is 16.5. The van der Waals surface area contributed by atoms with Crippen LogP contribution >= 0.6 is 0 Å². The van der Waals surface area contributed by atoms with E-state index in [1.807, 2.05) is 36.4 Å². The Labute approximate surface area is 187 Å². The minimum atomic E-state index is -1.15. The molecule has 0 bridgehead atoms. The van der Waals surface area contributed by atoms with Crippen molar-refractivity contribution < 1.29 is 19.1 Å². The molecule has 6 heteroatoms. The Morgan fingerprint density at radius 2 is 1.50 bits per heavy atom. The van der Waals surface area contributed by atoms with Gasteiger partial charge in [-0.15, -0.1) is 0 Å². The molecule has 6 nitrogen and oxygen atoms in total. The first kappa shape index (κ1) is 21.2. The van der Waals surface area contributed by atoms with Crippen LogP contribution in [-0.4, -0.2) is 31.6 Å². The van der Waals surface area contributed by atoms with Crippen molar-refractivity contribution >= 4 is 29.3 Å². The molecular formula is C26H24N2O4. The van der Waals surface area contributed by atoms with Crippen LogP contribution in [0.25, 0.3) is 6.08 Å². The van der Waals surface area contributed by atoms with E-state index in [9.17, 15) is 9.59 Å². The second-order valence-electron chi connectivity index (χ2n) is 7.45. The molecule has 4 rings (SSSR count). The lowest BCUT2D eigenvalue weighted by atomic mass is 9.81. The van der Waals surface area contributed by atoms with Gasteiger partial charge in [0.25, 0.3) is 5.91 Å². The molecule has 1 heterocycles. The van der Waals surface area contributed by atoms with E-state index in [0.29, 0.717) is 22.9 Å². The molecule has 1 saturated heterocycles. The Morgan fingerprint density at radius 1 is 0.906 bits per heavy atom. The highest BCUT2D eigenvalue weighted by Crippen LogP contribution is 2.40. The van der Waals surface area contributed by atoms with Gasteiger partial charge in [0.15, 0.2) is 5.54 Å². The van der Waals surface area contributed by atoms with Crippen molar-refractivity contribution in [1.82, 2.24) is 0 Å². The summed E-state index contributed by atoms with van der Waals surface area (Å²) in [4.78, 5) is 27.8. The van der Waals surface area contributed by atoms with E-state index in [2.05, 4.69) is 5.32 Å². The first-order valence-electron chi connectivity index (χ1n) is 10.2. The highest BCUT2D eigenvalue weighted by molar-refractivity contribution is 6.18. The summed E-state index contributed by atoms with van der Waals surface area (Å²) in [5, 5.41) is 2.95. The molecule has 2 amide bonds. The van der Waals surface area contributed by atoms with Crippen LogP contribution in [0.3, 0.4) is 0 Å². The van der Waals surface area contributed by atoms with Crippen LogP contribution in [-0.2, 0) is 9.59 Å². The molecule has 1 fully saturated rings. The number of β-lactam (4-membered cyclic amide) rings is 1. The smallest absolute Gasteiger partial charge is 0.255 e. The van der Waals surface area contributed by atoms with Crippen molar-refractivity contribution in [1.29, 1.82) is 0 Å². The molecule has 1 aliphatic rings. The number of ether oxygens (including phenoxy) is 2. The zero-order chi connectivity index (χ0) is 22.6. The third-order valence-corrected chi connectivity index (χ3v) is 5.49. The van der Waals surface area contributed by atoms with E-state index in [4.69, 9.17) is 9.47 Å². The lowest BCUT2D eigenvalue weighted by Crippen LogP contribution is -2.68. The van der Waals surface area contributed by atoms with Gasteiger partial charge < -0.3 is 14.8 Å². The molecule has 3 aromatic carbocycles. The maximum Gasteiger partial charge on any atom is 0.255 e. The summed E-state index contributed by atoms with van der Waals surface area (Å²) >= 11 is 0. The molecule has 0 spiro atoms. The molecule has 1 N–H and O–H groups in total. The summed E-state index contributed by atoms with van der Waals surface area (Å²) in [5.74, 6) is 0.957. The minimum absolute atomic E-state index is 0.0738. The van der Waals surface area contributed by atoms with E-state index in [-0.39, 0.29) is 18.2 Å². The van der Waals surface area contributed by atoms with E-state index in [0.717, 1.165) is 5.56 Å². The largest absolute Gasteiger partial charge is 0.497 e. The number of amides is 2. The SMILES string of the molecule is COc1ccc(NC(=O)C2(C=Cc3ccccc3)CC(=O)N2c2ccc(OC)cc2)cc1. The Kier molecular flexibility index (Phi) is 5.94. The number of rotatable bonds is 7. The maximum absolute atomic E-state index is 13.5. The van der Waals surface area contributed by atoms with E-state index < -0.39 is 5.54 Å². The quantitative estimate of drug-likeness (QED) is 0.562. The van der Waals surface area contributed by atoms with Gasteiger partial charge in [-0.05, 0) is 60.2 Å². The van der Waals surface area contributed by atoms with Gasteiger partial charge in [0.1, 0.15) is 11.5 Å². The normalized spacial score (nSPS) is 17.7. The van der Waals surface area contributed by atoms with Crippen molar-refractivity contribution in [2.24, 2.45) is 0 Å². The summed E-state index contributed by atoms with van der Waals surface area (Å²) in [5.41, 5.74) is 1.04. The Bertz CT molecular complexity index is 1120. The molecule has 32 heavy (non-hydrogen) atoms. The van der Waals surface area contributed by atoms with Crippen molar-refractivity contribution in [2.75, 3.05) is 24.4 Å². The maximum atomic E-state index is 13.5. The van der Waals surface area contributed by atoms with Crippen LogP contribution in [0.4, 0.5) is 11.4 Å². The molecule has 162 valence electrons. The monoisotopic (exact) mass is 428 g/mol. The number of methoxy groups -OCH3 is 2. The molecule has 0 aliphatic carbocycles. The standard InChI is InChI=1S/C26H24N2O4/c1-31-22-12-8-20(9-13-22)27-25(30)26(17-16-19-6-4-3-5-7-19)18-24(29)28(26)21-10-14-23(32-2)15-11-21/h3-17H,18H2,1-2H3,(H,27,30). The van der Waals surface area contributed by atoms with Gasteiger partial charge in [0.05, 0.1) is 20.6 Å². The zero-order valence-corrected chi connectivity index (χ0v) is 17.9. The molecule has 1 aliphatic heterocycles. The molecule has 3 aromatic rings. The number of carbonyl (C=O) groups excluding carboxylic acids is 2. The average molecular weight is 428 g/mol. The summed E-state index contributed by atoms with van der Waals surface area (Å²) in [6.07, 6.45) is 3.74. The van der Waals surface area contributed by atoms with Crippen LogP contribution in [0, 0.1) is 0 Å². The van der Waals surface area contributed by atoms with Crippen molar-refractivity contribution in [3.63, 3.8) is 0 Å². The number of nitrogens with one attached hydrogen (secondary N) is 1. The first-order valence-corrected chi connectivity index (χ1v) is 10.2. The first-order chi connectivity index (χ1) is 15.6. The number of nitrogens with zero attached hydrogens (tertiary/aromatic N) is 1. The van der Waals surface area contributed by atoms with Gasteiger partial charge in [0.2, 0.25) is 5.91 Å². The fourth-order valence-electron chi connectivity index (χ4n) is 3.73. The fraction of sp³-hybridized carbons (Fsp3) is 0.154. The van der Waals surface area contributed by atoms with Crippen LogP contribution in [0.5, 0.6) is 11.5 Å². The van der Waals surface area contributed by atoms with Crippen LogP contribution < -0.4 is 19.7 Å². The molecular weight excluding hydrogens is 404 g/mol. The molecule has 0 aromatic heterocycles. The second kappa shape index (κ2) is 8.98. The van der Waals surface area contributed by atoms with Gasteiger partial charge in [0, 0.05) is 11.4 Å². The Balaban J connectivity index is 1.69. The van der Waals surface area contributed by atoms with E-state index in [1.165, 1.54) is 4.90 Å². The van der Waals surface area contributed by atoms with Crippen molar-refractivity contribution in [3.8, 4) is 11.5 Å². The van der Waals surface area contributed by atoms with E-state index >= 15 is 0 Å². The van der Waals surface area contributed by atoms with Crippen molar-refractivity contribution in [2.45, 2.75) is 12.0 Å². The van der Waals surface area contributed by atoms with Gasteiger partial charge in [-0.2, -0.15) is 0 Å². The van der Waals surface area contributed by atoms with Gasteiger partial charge in [-0.1, -0.05) is 36.4 Å². The van der Waals surface area contributed by atoms with Crippen molar-refractivity contribution in [3.05, 3.63) is 90.5 Å². The van der Waals surface area contributed by atoms with Crippen LogP contribution in [0.15, 0.2) is 84.9 Å². The topological polar surface area (TPSA) is 67.9 Å². The molecule has 1 atom stereocenters. The fourth-order valence-corrected chi connectivity index (χ4v) is 3.73. The zero-order valence-electron chi connectivity index (χ0n) is 17.9. The summed E-state index contributed by atoms with van der Waals surface area (Å²) in [6.45, 7) is 0. The predicted octanol–water partition coefficient (Wildman–Crippen LogP) is 4.53. The van der Waals surface area contributed by atoms with Gasteiger partial charge in [-0.25, -0.2) is 0 Å².